The number of methoxy groups -OCH3 is 1. The maximum absolute atomic E-state index is 12.4. The molecular formula is C9H8F3NOS. The molecule has 0 atom stereocenters. The first-order valence-corrected chi connectivity index (χ1v) is 4.32. The highest BCUT2D eigenvalue weighted by molar-refractivity contribution is 7.80. The zero-order chi connectivity index (χ0) is 11.6. The third-order valence-electron chi connectivity index (χ3n) is 1.79. The van der Waals surface area contributed by atoms with Crippen LogP contribution in [0, 0.1) is 0 Å². The average molecular weight is 235 g/mol. The Morgan fingerprint density at radius 2 is 2.00 bits per heavy atom. The third kappa shape index (κ3) is 2.59. The van der Waals surface area contributed by atoms with E-state index in [0.717, 1.165) is 13.2 Å². The quantitative estimate of drug-likeness (QED) is 0.799. The van der Waals surface area contributed by atoms with E-state index in [9.17, 15) is 13.2 Å². The van der Waals surface area contributed by atoms with Gasteiger partial charge in [0.25, 0.3) is 0 Å². The van der Waals surface area contributed by atoms with E-state index >= 15 is 0 Å². The molecule has 0 aromatic heterocycles. The molecule has 1 aromatic rings. The highest BCUT2D eigenvalue weighted by Gasteiger charge is 2.34. The lowest BCUT2D eigenvalue weighted by molar-refractivity contribution is -0.138. The average Bonchev–Trinajstić information content (AvgIpc) is 2.15. The van der Waals surface area contributed by atoms with Crippen molar-refractivity contribution in [3.05, 3.63) is 29.3 Å². The lowest BCUT2D eigenvalue weighted by Crippen LogP contribution is -2.12. The number of alkyl halides is 3. The van der Waals surface area contributed by atoms with Crippen LogP contribution >= 0.6 is 12.2 Å². The first-order valence-electron chi connectivity index (χ1n) is 3.91. The Hall–Kier alpha value is -1.30. The summed E-state index contributed by atoms with van der Waals surface area (Å²) in [4.78, 5) is 0.0297. The summed E-state index contributed by atoms with van der Waals surface area (Å²) in [5.41, 5.74) is 4.79. The molecule has 0 aliphatic rings. The van der Waals surface area contributed by atoms with E-state index in [-0.39, 0.29) is 10.7 Å². The minimum atomic E-state index is -4.44. The maximum Gasteiger partial charge on any atom is 0.419 e. The summed E-state index contributed by atoms with van der Waals surface area (Å²) in [7, 11) is 1.16. The summed E-state index contributed by atoms with van der Waals surface area (Å²) in [6, 6.07) is 3.28. The molecule has 0 saturated heterocycles. The van der Waals surface area contributed by atoms with E-state index in [1.807, 2.05) is 0 Å². The van der Waals surface area contributed by atoms with Gasteiger partial charge in [-0.15, -0.1) is 0 Å². The van der Waals surface area contributed by atoms with Crippen molar-refractivity contribution in [1.29, 1.82) is 0 Å². The minimum absolute atomic E-state index is 0.0297. The van der Waals surface area contributed by atoms with Crippen molar-refractivity contribution in [1.82, 2.24) is 0 Å². The van der Waals surface area contributed by atoms with E-state index in [1.54, 1.807) is 0 Å². The van der Waals surface area contributed by atoms with Crippen molar-refractivity contribution in [3.8, 4) is 5.75 Å². The number of rotatable bonds is 2. The van der Waals surface area contributed by atoms with Gasteiger partial charge in [0.2, 0.25) is 0 Å². The Morgan fingerprint density at radius 1 is 1.40 bits per heavy atom. The Labute approximate surface area is 89.8 Å². The van der Waals surface area contributed by atoms with Crippen molar-refractivity contribution in [2.45, 2.75) is 6.18 Å². The number of nitrogens with two attached hydrogens (primary N) is 1. The fraction of sp³-hybridized carbons (Fsp3) is 0.222. The van der Waals surface area contributed by atoms with Gasteiger partial charge >= 0.3 is 6.18 Å². The van der Waals surface area contributed by atoms with E-state index < -0.39 is 11.7 Å². The molecule has 0 amide bonds. The van der Waals surface area contributed by atoms with Gasteiger partial charge in [0.15, 0.2) is 0 Å². The molecule has 1 rings (SSSR count). The third-order valence-corrected chi connectivity index (χ3v) is 2.03. The summed E-state index contributed by atoms with van der Waals surface area (Å²) in [5.74, 6) is -0.284. The molecule has 0 unspecified atom stereocenters. The van der Waals surface area contributed by atoms with Crippen molar-refractivity contribution in [2.24, 2.45) is 5.73 Å². The molecule has 0 bridgehead atoms. The molecule has 82 valence electrons. The van der Waals surface area contributed by atoms with Gasteiger partial charge in [0.05, 0.1) is 12.7 Å². The van der Waals surface area contributed by atoms with Crippen LogP contribution in [0.3, 0.4) is 0 Å². The van der Waals surface area contributed by atoms with Gasteiger partial charge in [-0.05, 0) is 12.1 Å². The first-order chi connectivity index (χ1) is 6.86. The van der Waals surface area contributed by atoms with Gasteiger partial charge in [0.1, 0.15) is 10.7 Å². The van der Waals surface area contributed by atoms with E-state index in [2.05, 4.69) is 17.0 Å². The fourth-order valence-corrected chi connectivity index (χ4v) is 1.21. The lowest BCUT2D eigenvalue weighted by Gasteiger charge is -2.12. The van der Waals surface area contributed by atoms with Crippen LogP contribution in [0.2, 0.25) is 0 Å². The van der Waals surface area contributed by atoms with Gasteiger partial charge in [-0.3, -0.25) is 0 Å². The van der Waals surface area contributed by atoms with Crippen molar-refractivity contribution < 1.29 is 17.9 Å². The van der Waals surface area contributed by atoms with Crippen molar-refractivity contribution >= 4 is 17.2 Å². The second-order valence-corrected chi connectivity index (χ2v) is 3.22. The second-order valence-electron chi connectivity index (χ2n) is 2.78. The van der Waals surface area contributed by atoms with E-state index in [0.29, 0.717) is 5.56 Å². The Bertz CT molecular complexity index is 389. The standard InChI is InChI=1S/C9H8F3NOS/c1-14-7-4-5(8(13)15)2-3-6(7)9(10,11)12/h2-4H,1H3,(H2,13,15). The predicted octanol–water partition coefficient (Wildman–Crippen LogP) is 2.35. The largest absolute Gasteiger partial charge is 0.496 e. The molecule has 0 radical (unpaired) electrons. The number of ether oxygens (including phenoxy) is 1. The van der Waals surface area contributed by atoms with Gasteiger partial charge in [0, 0.05) is 5.56 Å². The smallest absolute Gasteiger partial charge is 0.419 e. The Morgan fingerprint density at radius 3 is 2.40 bits per heavy atom. The molecule has 0 saturated carbocycles. The van der Waals surface area contributed by atoms with Crippen LogP contribution in [0.5, 0.6) is 5.75 Å². The number of thiocarbonyl (C=S) groups is 1. The monoisotopic (exact) mass is 235 g/mol. The predicted molar refractivity (Wildman–Crippen MR) is 53.9 cm³/mol. The van der Waals surface area contributed by atoms with Crippen LogP contribution in [0.1, 0.15) is 11.1 Å². The van der Waals surface area contributed by atoms with Gasteiger partial charge < -0.3 is 10.5 Å². The fourth-order valence-electron chi connectivity index (χ4n) is 1.08. The number of hydrogen-bond acceptors (Lipinski definition) is 2. The number of halogens is 3. The summed E-state index contributed by atoms with van der Waals surface area (Å²) in [5, 5.41) is 0. The Kier molecular flexibility index (Phi) is 3.18. The van der Waals surface area contributed by atoms with Crippen LogP contribution in [0.25, 0.3) is 0 Å². The zero-order valence-electron chi connectivity index (χ0n) is 7.76. The molecule has 0 aliphatic carbocycles. The summed E-state index contributed by atoms with van der Waals surface area (Å²) < 4.78 is 41.9. The molecular weight excluding hydrogens is 227 g/mol. The van der Waals surface area contributed by atoms with Crippen molar-refractivity contribution in [2.75, 3.05) is 7.11 Å². The molecule has 15 heavy (non-hydrogen) atoms. The highest BCUT2D eigenvalue weighted by atomic mass is 32.1. The Balaban J connectivity index is 3.27. The summed E-state index contributed by atoms with van der Waals surface area (Å²) >= 11 is 4.65. The van der Waals surface area contributed by atoms with Crippen LogP contribution in [0.15, 0.2) is 18.2 Å². The zero-order valence-corrected chi connectivity index (χ0v) is 8.58. The minimum Gasteiger partial charge on any atom is -0.496 e. The maximum atomic E-state index is 12.4. The normalized spacial score (nSPS) is 11.2. The molecule has 0 heterocycles. The van der Waals surface area contributed by atoms with E-state index in [1.165, 1.54) is 12.1 Å². The molecule has 6 heteroatoms. The van der Waals surface area contributed by atoms with Gasteiger partial charge in [-0.2, -0.15) is 13.2 Å². The summed E-state index contributed by atoms with van der Waals surface area (Å²) in [6.07, 6.45) is -4.44. The lowest BCUT2D eigenvalue weighted by atomic mass is 10.1. The molecule has 1 aromatic carbocycles. The second kappa shape index (κ2) is 4.06. The number of benzene rings is 1. The highest BCUT2D eigenvalue weighted by Crippen LogP contribution is 2.36. The number of hydrogen-bond donors (Lipinski definition) is 1. The molecule has 0 fully saturated rings. The SMILES string of the molecule is COc1cc(C(N)=S)ccc1C(F)(F)F. The van der Waals surface area contributed by atoms with Crippen LogP contribution in [0.4, 0.5) is 13.2 Å². The molecule has 0 spiro atoms. The van der Waals surface area contributed by atoms with Crippen LogP contribution in [-0.4, -0.2) is 12.1 Å². The van der Waals surface area contributed by atoms with Crippen LogP contribution < -0.4 is 10.5 Å². The molecule has 2 N–H and O–H groups in total. The van der Waals surface area contributed by atoms with Gasteiger partial charge in [-0.1, -0.05) is 18.3 Å². The van der Waals surface area contributed by atoms with Gasteiger partial charge in [-0.25, -0.2) is 0 Å². The van der Waals surface area contributed by atoms with Crippen molar-refractivity contribution in [3.63, 3.8) is 0 Å². The van der Waals surface area contributed by atoms with Crippen LogP contribution in [-0.2, 0) is 6.18 Å². The molecule has 2 nitrogen and oxygen atoms in total. The summed E-state index contributed by atoms with van der Waals surface area (Å²) in [6.45, 7) is 0. The van der Waals surface area contributed by atoms with E-state index in [4.69, 9.17) is 5.73 Å². The molecule has 0 aliphatic heterocycles. The first kappa shape index (κ1) is 11.8. The topological polar surface area (TPSA) is 35.2 Å².